The molecule has 2 aromatic carbocycles. The standard InChI is InChI=1S/C25H28FN3O6/c1-3-34-19-12-20(22(26)21(13-19)35-18-8-10-29(11-9-18)25(31)32)23(33-2)24(30)28-15-17-6-4-16(14-27)5-7-17/h4-7,12-13,18,23H,3,8-11,15H2,1-2H3,(H,28,30)(H,31,32). The molecule has 0 radical (unpaired) electrons. The van der Waals surface area contributed by atoms with Crippen LogP contribution < -0.4 is 14.8 Å². The van der Waals surface area contributed by atoms with Gasteiger partial charge in [-0.25, -0.2) is 9.18 Å². The molecule has 3 rings (SSSR count). The first-order valence-electron chi connectivity index (χ1n) is 11.3. The van der Waals surface area contributed by atoms with Gasteiger partial charge in [-0.2, -0.15) is 5.26 Å². The van der Waals surface area contributed by atoms with Crippen molar-refractivity contribution in [2.24, 2.45) is 0 Å². The quantitative estimate of drug-likeness (QED) is 0.556. The predicted octanol–water partition coefficient (Wildman–Crippen LogP) is 3.62. The third-order valence-electron chi connectivity index (χ3n) is 5.66. The first-order chi connectivity index (χ1) is 16.9. The summed E-state index contributed by atoms with van der Waals surface area (Å²) in [6.07, 6.45) is -1.80. The minimum Gasteiger partial charge on any atom is -0.494 e. The van der Waals surface area contributed by atoms with Gasteiger partial charge in [0.2, 0.25) is 0 Å². The number of ether oxygens (including phenoxy) is 3. The van der Waals surface area contributed by atoms with Crippen molar-refractivity contribution in [3.05, 3.63) is 58.9 Å². The smallest absolute Gasteiger partial charge is 0.407 e. The summed E-state index contributed by atoms with van der Waals surface area (Å²) in [7, 11) is 1.31. The fourth-order valence-electron chi connectivity index (χ4n) is 3.82. The van der Waals surface area contributed by atoms with E-state index in [0.29, 0.717) is 30.8 Å². The lowest BCUT2D eigenvalue weighted by atomic mass is 10.1. The van der Waals surface area contributed by atoms with Crippen LogP contribution >= 0.6 is 0 Å². The third kappa shape index (κ3) is 6.61. The lowest BCUT2D eigenvalue weighted by Crippen LogP contribution is -2.41. The monoisotopic (exact) mass is 485 g/mol. The zero-order valence-electron chi connectivity index (χ0n) is 19.6. The van der Waals surface area contributed by atoms with Crippen LogP contribution in [0.3, 0.4) is 0 Å². The summed E-state index contributed by atoms with van der Waals surface area (Å²) >= 11 is 0. The molecule has 1 aliphatic heterocycles. The van der Waals surface area contributed by atoms with Gasteiger partial charge in [-0.05, 0) is 30.7 Å². The Kier molecular flexibility index (Phi) is 8.86. The molecule has 0 saturated carbocycles. The number of nitriles is 1. The molecular formula is C25H28FN3O6. The largest absolute Gasteiger partial charge is 0.494 e. The molecule has 10 heteroatoms. The first-order valence-corrected chi connectivity index (χ1v) is 11.3. The highest BCUT2D eigenvalue weighted by molar-refractivity contribution is 5.82. The van der Waals surface area contributed by atoms with E-state index in [-0.39, 0.29) is 37.1 Å². The van der Waals surface area contributed by atoms with E-state index in [1.54, 1.807) is 31.2 Å². The number of methoxy groups -OCH3 is 1. The molecule has 0 bridgehead atoms. The van der Waals surface area contributed by atoms with Crippen LogP contribution in [0.25, 0.3) is 0 Å². The predicted molar refractivity (Wildman–Crippen MR) is 124 cm³/mol. The number of likely N-dealkylation sites (tertiary alicyclic amines) is 1. The van der Waals surface area contributed by atoms with Crippen LogP contribution in [-0.4, -0.2) is 54.9 Å². The molecule has 35 heavy (non-hydrogen) atoms. The van der Waals surface area contributed by atoms with Crippen molar-refractivity contribution >= 4 is 12.0 Å². The Labute approximate surface area is 203 Å². The van der Waals surface area contributed by atoms with Crippen LogP contribution in [0.5, 0.6) is 11.5 Å². The van der Waals surface area contributed by atoms with Gasteiger partial charge < -0.3 is 29.5 Å². The van der Waals surface area contributed by atoms with E-state index in [1.807, 2.05) is 6.07 Å². The Balaban J connectivity index is 1.77. The molecule has 9 nitrogen and oxygen atoms in total. The number of benzene rings is 2. The Hall–Kier alpha value is -3.84. The molecule has 1 atom stereocenters. The van der Waals surface area contributed by atoms with Gasteiger partial charge in [-0.15, -0.1) is 0 Å². The number of carbonyl (C=O) groups excluding carboxylic acids is 1. The molecule has 0 aliphatic carbocycles. The van der Waals surface area contributed by atoms with Gasteiger partial charge in [-0.3, -0.25) is 4.79 Å². The number of piperidine rings is 1. The van der Waals surface area contributed by atoms with E-state index in [9.17, 15) is 9.59 Å². The SMILES string of the molecule is CCOc1cc(OC2CCN(C(=O)O)CC2)c(F)c(C(OC)C(=O)NCc2ccc(C#N)cc2)c1. The number of carboxylic acid groups (broad SMARTS) is 1. The zero-order chi connectivity index (χ0) is 25.4. The average Bonchev–Trinajstić information content (AvgIpc) is 2.86. The van der Waals surface area contributed by atoms with Crippen LogP contribution in [-0.2, 0) is 16.1 Å². The van der Waals surface area contributed by atoms with Crippen molar-refractivity contribution in [3.8, 4) is 17.6 Å². The maximum Gasteiger partial charge on any atom is 0.407 e. The summed E-state index contributed by atoms with van der Waals surface area (Å²) in [4.78, 5) is 25.3. The van der Waals surface area contributed by atoms with Gasteiger partial charge in [0, 0.05) is 51.2 Å². The molecule has 1 fully saturated rings. The van der Waals surface area contributed by atoms with Crippen LogP contribution in [0.15, 0.2) is 36.4 Å². The summed E-state index contributed by atoms with van der Waals surface area (Å²) in [5.41, 5.74) is 1.24. The van der Waals surface area contributed by atoms with Gasteiger partial charge in [0.1, 0.15) is 11.9 Å². The molecular weight excluding hydrogens is 457 g/mol. The summed E-state index contributed by atoms with van der Waals surface area (Å²) in [5, 5.41) is 20.7. The van der Waals surface area contributed by atoms with E-state index in [4.69, 9.17) is 24.6 Å². The van der Waals surface area contributed by atoms with Gasteiger partial charge in [0.05, 0.1) is 18.2 Å². The molecule has 1 unspecified atom stereocenters. The Morgan fingerprint density at radius 3 is 2.51 bits per heavy atom. The highest BCUT2D eigenvalue weighted by atomic mass is 19.1. The normalized spacial score (nSPS) is 14.6. The van der Waals surface area contributed by atoms with E-state index in [0.717, 1.165) is 5.56 Å². The summed E-state index contributed by atoms with van der Waals surface area (Å²) in [6.45, 7) is 2.85. The highest BCUT2D eigenvalue weighted by Crippen LogP contribution is 2.34. The third-order valence-corrected chi connectivity index (χ3v) is 5.66. The maximum absolute atomic E-state index is 15.5. The number of hydrogen-bond donors (Lipinski definition) is 2. The van der Waals surface area contributed by atoms with Crippen molar-refractivity contribution in [2.75, 3.05) is 26.8 Å². The molecule has 1 aliphatic rings. The van der Waals surface area contributed by atoms with Crippen LogP contribution in [0.1, 0.15) is 42.6 Å². The van der Waals surface area contributed by atoms with Gasteiger partial charge in [0.15, 0.2) is 17.7 Å². The van der Waals surface area contributed by atoms with E-state index in [2.05, 4.69) is 5.32 Å². The number of carbonyl (C=O) groups is 2. The van der Waals surface area contributed by atoms with Gasteiger partial charge in [-0.1, -0.05) is 12.1 Å². The van der Waals surface area contributed by atoms with E-state index >= 15 is 4.39 Å². The summed E-state index contributed by atoms with van der Waals surface area (Å²) in [5.74, 6) is -1.05. The fourth-order valence-corrected chi connectivity index (χ4v) is 3.82. The lowest BCUT2D eigenvalue weighted by Gasteiger charge is -2.30. The van der Waals surface area contributed by atoms with Crippen molar-refractivity contribution in [3.63, 3.8) is 0 Å². The molecule has 0 spiro atoms. The minimum absolute atomic E-state index is 0.0336. The Morgan fingerprint density at radius 2 is 1.94 bits per heavy atom. The molecule has 2 N–H and O–H groups in total. The second-order valence-electron chi connectivity index (χ2n) is 7.99. The van der Waals surface area contributed by atoms with Crippen molar-refractivity contribution in [2.45, 2.75) is 38.5 Å². The first kappa shape index (κ1) is 25.8. The molecule has 1 heterocycles. The van der Waals surface area contributed by atoms with Gasteiger partial charge in [0.25, 0.3) is 5.91 Å². The summed E-state index contributed by atoms with van der Waals surface area (Å²) < 4.78 is 32.3. The second-order valence-corrected chi connectivity index (χ2v) is 7.99. The minimum atomic E-state index is -1.26. The highest BCUT2D eigenvalue weighted by Gasteiger charge is 2.29. The molecule has 2 amide bonds. The Bertz CT molecular complexity index is 1080. The topological polar surface area (TPSA) is 121 Å². The fraction of sp³-hybridized carbons (Fsp3) is 0.400. The number of rotatable bonds is 9. The molecule has 186 valence electrons. The number of amides is 2. The number of halogens is 1. The molecule has 2 aromatic rings. The molecule has 0 aromatic heterocycles. The maximum atomic E-state index is 15.5. The van der Waals surface area contributed by atoms with Crippen molar-refractivity contribution < 1.29 is 33.3 Å². The average molecular weight is 486 g/mol. The number of nitrogens with zero attached hydrogens (tertiary/aromatic N) is 2. The number of hydrogen-bond acceptors (Lipinski definition) is 6. The lowest BCUT2D eigenvalue weighted by molar-refractivity contribution is -0.131. The molecule has 1 saturated heterocycles. The van der Waals surface area contributed by atoms with Crippen LogP contribution in [0.2, 0.25) is 0 Å². The summed E-state index contributed by atoms with van der Waals surface area (Å²) in [6, 6.07) is 11.6. The number of nitrogens with one attached hydrogen (secondary N) is 1. The van der Waals surface area contributed by atoms with E-state index < -0.39 is 23.9 Å². The van der Waals surface area contributed by atoms with Crippen LogP contribution in [0.4, 0.5) is 9.18 Å². The van der Waals surface area contributed by atoms with Gasteiger partial charge >= 0.3 is 6.09 Å². The van der Waals surface area contributed by atoms with Crippen molar-refractivity contribution in [1.82, 2.24) is 10.2 Å². The van der Waals surface area contributed by atoms with Crippen molar-refractivity contribution in [1.29, 1.82) is 5.26 Å². The zero-order valence-corrected chi connectivity index (χ0v) is 19.6. The second kappa shape index (κ2) is 12.0. The van der Waals surface area contributed by atoms with E-state index in [1.165, 1.54) is 24.1 Å². The van der Waals surface area contributed by atoms with Crippen LogP contribution in [0, 0.1) is 17.1 Å². The Morgan fingerprint density at radius 1 is 1.26 bits per heavy atom.